The molecule has 56 valence electrons. The molecule has 0 saturated carbocycles. The lowest BCUT2D eigenvalue weighted by Gasteiger charge is -2.05. The van der Waals surface area contributed by atoms with Crippen molar-refractivity contribution < 1.29 is 14.6 Å². The molecule has 0 fully saturated rings. The number of rotatable bonds is 1. The molecule has 0 saturated heterocycles. The first-order valence-corrected chi connectivity index (χ1v) is 3.16. The number of hydrogen-bond donors (Lipinski definition) is 1. The van der Waals surface area contributed by atoms with Crippen molar-refractivity contribution >= 4 is 5.97 Å². The van der Waals surface area contributed by atoms with Crippen LogP contribution in [0.15, 0.2) is 11.1 Å². The molecule has 0 aliphatic carbocycles. The number of ether oxygens (including phenoxy) is 1. The first kappa shape index (κ1) is 7.28. The van der Waals surface area contributed by atoms with Gasteiger partial charge in [0.05, 0.1) is 6.61 Å². The first-order valence-electron chi connectivity index (χ1n) is 3.16. The first-order chi connectivity index (χ1) is 4.66. The Morgan fingerprint density at radius 3 is 2.40 bits per heavy atom. The zero-order chi connectivity index (χ0) is 7.72. The van der Waals surface area contributed by atoms with Crippen molar-refractivity contribution in [2.45, 2.75) is 20.0 Å². The zero-order valence-corrected chi connectivity index (χ0v) is 6.05. The lowest BCUT2D eigenvalue weighted by atomic mass is 10.1. The monoisotopic (exact) mass is 142 g/mol. The quantitative estimate of drug-likeness (QED) is 0.533. The maximum absolute atomic E-state index is 10.8. The van der Waals surface area contributed by atoms with Gasteiger partial charge in [0.2, 0.25) is 0 Å². The van der Waals surface area contributed by atoms with Crippen LogP contribution >= 0.6 is 0 Å². The number of aliphatic hydroxyl groups excluding tert-OH is 1. The van der Waals surface area contributed by atoms with E-state index in [1.54, 1.807) is 13.8 Å². The van der Waals surface area contributed by atoms with Crippen LogP contribution in [0.3, 0.4) is 0 Å². The fraction of sp³-hybridized carbons (Fsp3) is 0.571. The average Bonchev–Trinajstić information content (AvgIpc) is 2.17. The van der Waals surface area contributed by atoms with Gasteiger partial charge in [0.25, 0.3) is 0 Å². The lowest BCUT2D eigenvalue weighted by Crippen LogP contribution is -2.14. The summed E-state index contributed by atoms with van der Waals surface area (Å²) in [6.45, 7) is 3.38. The molecule has 3 nitrogen and oxygen atoms in total. The fourth-order valence-electron chi connectivity index (χ4n) is 0.883. The Bertz CT molecular complexity index is 193. The molecule has 1 atom stereocenters. The molecule has 0 spiro atoms. The average molecular weight is 142 g/mol. The number of carbonyl (C=O) groups excluding carboxylic acids is 1. The van der Waals surface area contributed by atoms with Crippen molar-refractivity contribution in [1.82, 2.24) is 0 Å². The number of cyclic esters (lactones) is 1. The van der Waals surface area contributed by atoms with Crippen molar-refractivity contribution in [3.63, 3.8) is 0 Å². The van der Waals surface area contributed by atoms with Crippen molar-refractivity contribution in [3.05, 3.63) is 11.1 Å². The van der Waals surface area contributed by atoms with E-state index in [4.69, 9.17) is 9.84 Å². The normalized spacial score (nSPS) is 25.5. The second kappa shape index (κ2) is 2.42. The summed E-state index contributed by atoms with van der Waals surface area (Å²) in [7, 11) is 0. The summed E-state index contributed by atoms with van der Waals surface area (Å²) < 4.78 is 4.77. The molecule has 0 radical (unpaired) electrons. The van der Waals surface area contributed by atoms with E-state index >= 15 is 0 Å². The highest BCUT2D eigenvalue weighted by Gasteiger charge is 2.27. The van der Waals surface area contributed by atoms with E-state index in [1.165, 1.54) is 0 Å². The maximum Gasteiger partial charge on any atom is 0.334 e. The number of hydrogen-bond acceptors (Lipinski definition) is 3. The highest BCUT2D eigenvalue weighted by atomic mass is 16.6. The summed E-state index contributed by atoms with van der Waals surface area (Å²) in [5, 5.41) is 8.66. The highest BCUT2D eigenvalue weighted by molar-refractivity contribution is 5.91. The molecule has 1 N–H and O–H groups in total. The maximum atomic E-state index is 10.8. The second-order valence-electron chi connectivity index (χ2n) is 2.38. The summed E-state index contributed by atoms with van der Waals surface area (Å²) in [6.07, 6.45) is -0.396. The third-order valence-electron chi connectivity index (χ3n) is 1.80. The van der Waals surface area contributed by atoms with Crippen molar-refractivity contribution in [2.75, 3.05) is 6.61 Å². The number of esters is 1. The molecule has 3 heteroatoms. The van der Waals surface area contributed by atoms with Gasteiger partial charge >= 0.3 is 5.97 Å². The van der Waals surface area contributed by atoms with Crippen LogP contribution in [0.5, 0.6) is 0 Å². The lowest BCUT2D eigenvalue weighted by molar-refractivity contribution is -0.141. The van der Waals surface area contributed by atoms with Gasteiger partial charge in [-0.2, -0.15) is 0 Å². The molecular formula is C7H10O3. The second-order valence-corrected chi connectivity index (χ2v) is 2.38. The Labute approximate surface area is 59.3 Å². The van der Waals surface area contributed by atoms with Gasteiger partial charge in [-0.1, -0.05) is 0 Å². The summed E-state index contributed by atoms with van der Waals surface area (Å²) in [5.74, 6) is -0.309. The molecular weight excluding hydrogens is 132 g/mol. The van der Waals surface area contributed by atoms with Crippen LogP contribution in [-0.2, 0) is 9.53 Å². The summed E-state index contributed by atoms with van der Waals surface area (Å²) in [6, 6.07) is 0. The molecule has 1 aliphatic rings. The van der Waals surface area contributed by atoms with Crippen LogP contribution in [0, 0.1) is 0 Å². The van der Waals surface area contributed by atoms with Gasteiger partial charge in [-0.3, -0.25) is 0 Å². The van der Waals surface area contributed by atoms with E-state index < -0.39 is 6.10 Å². The van der Waals surface area contributed by atoms with Crippen molar-refractivity contribution in [3.8, 4) is 0 Å². The van der Waals surface area contributed by atoms with Crippen LogP contribution in [0.4, 0.5) is 0 Å². The standard InChI is InChI=1S/C7H10O3/c1-4-5(2)7(9)10-6(4)3-8/h6,8H,3H2,1-2H3/t6-/m0/s1. The predicted molar refractivity (Wildman–Crippen MR) is 35.3 cm³/mol. The van der Waals surface area contributed by atoms with Gasteiger partial charge in [-0.05, 0) is 19.4 Å². The van der Waals surface area contributed by atoms with E-state index in [-0.39, 0.29) is 12.6 Å². The molecule has 0 amide bonds. The van der Waals surface area contributed by atoms with Crippen LogP contribution in [0.25, 0.3) is 0 Å². The zero-order valence-electron chi connectivity index (χ0n) is 6.05. The summed E-state index contributed by atoms with van der Waals surface area (Å²) in [4.78, 5) is 10.8. The van der Waals surface area contributed by atoms with Crippen molar-refractivity contribution in [2.24, 2.45) is 0 Å². The Balaban J connectivity index is 2.83. The predicted octanol–water partition coefficient (Wildman–Crippen LogP) is 0.240. The molecule has 1 rings (SSSR count). The van der Waals surface area contributed by atoms with Crippen LogP contribution in [0.1, 0.15) is 13.8 Å². The van der Waals surface area contributed by atoms with Gasteiger partial charge in [-0.25, -0.2) is 4.79 Å². The summed E-state index contributed by atoms with van der Waals surface area (Å²) >= 11 is 0. The van der Waals surface area contributed by atoms with Crippen LogP contribution in [-0.4, -0.2) is 23.8 Å². The van der Waals surface area contributed by atoms with Crippen LogP contribution < -0.4 is 0 Å². The third kappa shape index (κ3) is 0.926. The number of aliphatic hydroxyl groups is 1. The molecule has 0 aromatic rings. The minimum absolute atomic E-state index is 0.116. The minimum atomic E-state index is -0.396. The minimum Gasteiger partial charge on any atom is -0.452 e. The fourth-order valence-corrected chi connectivity index (χ4v) is 0.883. The topological polar surface area (TPSA) is 46.5 Å². The number of carbonyl (C=O) groups is 1. The molecule has 10 heavy (non-hydrogen) atoms. The van der Waals surface area contributed by atoms with E-state index in [0.29, 0.717) is 5.57 Å². The SMILES string of the molecule is CC1=C(C)[C@H](CO)OC1=O. The van der Waals surface area contributed by atoms with Gasteiger partial charge in [0, 0.05) is 5.57 Å². The third-order valence-corrected chi connectivity index (χ3v) is 1.80. The van der Waals surface area contributed by atoms with Crippen molar-refractivity contribution in [1.29, 1.82) is 0 Å². The van der Waals surface area contributed by atoms with E-state index in [1.807, 2.05) is 0 Å². The van der Waals surface area contributed by atoms with Crippen LogP contribution in [0.2, 0.25) is 0 Å². The Kier molecular flexibility index (Phi) is 1.76. The van der Waals surface area contributed by atoms with Gasteiger partial charge < -0.3 is 9.84 Å². The molecule has 0 aromatic heterocycles. The molecule has 1 heterocycles. The molecule has 0 unspecified atom stereocenters. The largest absolute Gasteiger partial charge is 0.452 e. The van der Waals surface area contributed by atoms with E-state index in [0.717, 1.165) is 5.57 Å². The smallest absolute Gasteiger partial charge is 0.334 e. The van der Waals surface area contributed by atoms with Gasteiger partial charge in [0.15, 0.2) is 0 Å². The highest BCUT2D eigenvalue weighted by Crippen LogP contribution is 2.20. The Hall–Kier alpha value is -0.830. The van der Waals surface area contributed by atoms with E-state index in [2.05, 4.69) is 0 Å². The molecule has 0 bridgehead atoms. The van der Waals surface area contributed by atoms with E-state index in [9.17, 15) is 4.79 Å². The van der Waals surface area contributed by atoms with Gasteiger partial charge in [-0.15, -0.1) is 0 Å². The Morgan fingerprint density at radius 1 is 1.60 bits per heavy atom. The summed E-state index contributed by atoms with van der Waals surface area (Å²) in [5.41, 5.74) is 1.46. The molecule has 0 aromatic carbocycles. The van der Waals surface area contributed by atoms with Gasteiger partial charge in [0.1, 0.15) is 6.10 Å². The molecule has 1 aliphatic heterocycles. The Morgan fingerprint density at radius 2 is 2.20 bits per heavy atom.